The highest BCUT2D eigenvalue weighted by Crippen LogP contribution is 2.25. The average molecular weight is 280 g/mol. The number of anilines is 1. The van der Waals surface area contributed by atoms with Crippen LogP contribution in [-0.4, -0.2) is 38.4 Å². The predicted molar refractivity (Wildman–Crippen MR) is 77.8 cm³/mol. The van der Waals surface area contributed by atoms with Crippen LogP contribution in [0.4, 0.5) is 5.69 Å². The number of methoxy groups -OCH3 is 1. The number of hydrogen-bond acceptors (Lipinski definition) is 5. The lowest BCUT2D eigenvalue weighted by atomic mass is 10.2. The fourth-order valence-corrected chi connectivity index (χ4v) is 1.57. The largest absolute Gasteiger partial charge is 0.491 e. The van der Waals surface area contributed by atoms with E-state index in [4.69, 9.17) is 15.2 Å². The number of benzene rings is 1. The molecule has 0 saturated carbocycles. The Labute approximate surface area is 117 Å². The number of nitrogens with two attached hydrogens (primary N) is 1. The van der Waals surface area contributed by atoms with Gasteiger partial charge in [-0.25, -0.2) is 0 Å². The molecule has 0 saturated heterocycles. The van der Waals surface area contributed by atoms with E-state index in [1.54, 1.807) is 14.0 Å². The second-order valence-electron chi connectivity index (χ2n) is 3.85. The van der Waals surface area contributed by atoms with E-state index < -0.39 is 0 Å². The van der Waals surface area contributed by atoms with Gasteiger partial charge in [0.1, 0.15) is 12.4 Å². The van der Waals surface area contributed by atoms with E-state index in [2.05, 4.69) is 9.72 Å². The SMILES string of the molecule is CCOC=O.COCCOc1cc(N)c2[nH]ccc2c1. The number of ether oxygens (including phenoxy) is 3. The summed E-state index contributed by atoms with van der Waals surface area (Å²) in [6, 6.07) is 5.74. The molecule has 1 aromatic carbocycles. The van der Waals surface area contributed by atoms with Crippen LogP contribution in [0.25, 0.3) is 10.9 Å². The van der Waals surface area contributed by atoms with Gasteiger partial charge in [0.25, 0.3) is 6.47 Å². The van der Waals surface area contributed by atoms with Crippen molar-refractivity contribution in [3.63, 3.8) is 0 Å². The minimum atomic E-state index is 0.431. The van der Waals surface area contributed by atoms with Gasteiger partial charge < -0.3 is 24.9 Å². The molecule has 0 fully saturated rings. The Morgan fingerprint density at radius 2 is 2.15 bits per heavy atom. The molecular weight excluding hydrogens is 260 g/mol. The van der Waals surface area contributed by atoms with Gasteiger partial charge in [0.15, 0.2) is 0 Å². The Kier molecular flexibility index (Phi) is 6.99. The smallest absolute Gasteiger partial charge is 0.293 e. The summed E-state index contributed by atoms with van der Waals surface area (Å²) in [5, 5.41) is 1.06. The van der Waals surface area contributed by atoms with Crippen molar-refractivity contribution in [2.75, 3.05) is 32.7 Å². The van der Waals surface area contributed by atoms with Gasteiger partial charge in [0.2, 0.25) is 0 Å². The minimum Gasteiger partial charge on any atom is -0.491 e. The van der Waals surface area contributed by atoms with Crippen molar-refractivity contribution >= 4 is 23.1 Å². The van der Waals surface area contributed by atoms with Crippen LogP contribution < -0.4 is 10.5 Å². The number of hydrogen-bond donors (Lipinski definition) is 2. The summed E-state index contributed by atoms with van der Waals surface area (Å²) in [7, 11) is 1.65. The molecule has 0 unspecified atom stereocenters. The molecule has 0 radical (unpaired) electrons. The minimum absolute atomic E-state index is 0.431. The van der Waals surface area contributed by atoms with Crippen molar-refractivity contribution in [1.82, 2.24) is 4.98 Å². The molecule has 110 valence electrons. The van der Waals surface area contributed by atoms with E-state index in [0.717, 1.165) is 16.7 Å². The summed E-state index contributed by atoms with van der Waals surface area (Å²) in [6.45, 7) is 3.77. The van der Waals surface area contributed by atoms with Crippen LogP contribution in [0.2, 0.25) is 0 Å². The lowest BCUT2D eigenvalue weighted by Gasteiger charge is -2.06. The molecule has 2 rings (SSSR count). The molecule has 0 atom stereocenters. The fraction of sp³-hybridized carbons (Fsp3) is 0.357. The maximum atomic E-state index is 9.18. The van der Waals surface area contributed by atoms with Crippen LogP contribution in [0.5, 0.6) is 5.75 Å². The van der Waals surface area contributed by atoms with Crippen LogP contribution in [0.15, 0.2) is 24.4 Å². The molecule has 0 aliphatic rings. The number of nitrogen functional groups attached to an aromatic ring is 1. The van der Waals surface area contributed by atoms with Crippen molar-refractivity contribution < 1.29 is 19.0 Å². The maximum absolute atomic E-state index is 9.18. The number of fused-ring (bicyclic) bond motifs is 1. The summed E-state index contributed by atoms with van der Waals surface area (Å²) >= 11 is 0. The third-order valence-electron chi connectivity index (χ3n) is 2.45. The van der Waals surface area contributed by atoms with Crippen molar-refractivity contribution in [1.29, 1.82) is 0 Å². The summed E-state index contributed by atoms with van der Waals surface area (Å²) in [5.41, 5.74) is 7.52. The Balaban J connectivity index is 0.000000347. The highest BCUT2D eigenvalue weighted by Gasteiger charge is 2.02. The van der Waals surface area contributed by atoms with Crippen LogP contribution in [0.3, 0.4) is 0 Å². The molecule has 6 nitrogen and oxygen atoms in total. The molecule has 1 aromatic heterocycles. The molecular formula is C14H20N2O4. The van der Waals surface area contributed by atoms with Gasteiger partial charge in [0, 0.05) is 24.8 Å². The first kappa shape index (κ1) is 15.8. The molecule has 0 spiro atoms. The number of nitrogens with one attached hydrogen (secondary N) is 1. The van der Waals surface area contributed by atoms with Crippen molar-refractivity contribution in [3.05, 3.63) is 24.4 Å². The van der Waals surface area contributed by atoms with Crippen LogP contribution in [0.1, 0.15) is 6.92 Å². The van der Waals surface area contributed by atoms with Crippen LogP contribution in [0, 0.1) is 0 Å². The Bertz CT molecular complexity index is 525. The number of rotatable bonds is 6. The molecule has 6 heteroatoms. The summed E-state index contributed by atoms with van der Waals surface area (Å²) in [5.74, 6) is 0.775. The molecule has 0 aliphatic heterocycles. The van der Waals surface area contributed by atoms with Crippen LogP contribution in [-0.2, 0) is 14.3 Å². The fourth-order valence-electron chi connectivity index (χ4n) is 1.57. The van der Waals surface area contributed by atoms with E-state index in [0.29, 0.717) is 32.0 Å². The normalized spacial score (nSPS) is 9.70. The van der Waals surface area contributed by atoms with E-state index in [-0.39, 0.29) is 0 Å². The van der Waals surface area contributed by atoms with E-state index >= 15 is 0 Å². The number of aromatic nitrogens is 1. The van der Waals surface area contributed by atoms with Gasteiger partial charge in [-0.05, 0) is 19.1 Å². The van der Waals surface area contributed by atoms with Gasteiger partial charge in [-0.1, -0.05) is 0 Å². The molecule has 0 bridgehead atoms. The van der Waals surface area contributed by atoms with Crippen molar-refractivity contribution in [2.24, 2.45) is 0 Å². The summed E-state index contributed by atoms with van der Waals surface area (Å²) in [4.78, 5) is 12.3. The quantitative estimate of drug-likeness (QED) is 0.480. The van der Waals surface area contributed by atoms with Gasteiger partial charge >= 0.3 is 0 Å². The zero-order valence-electron chi connectivity index (χ0n) is 11.7. The van der Waals surface area contributed by atoms with Gasteiger partial charge in [-0.3, -0.25) is 4.79 Å². The van der Waals surface area contributed by atoms with Crippen LogP contribution >= 0.6 is 0 Å². The Morgan fingerprint density at radius 3 is 2.75 bits per heavy atom. The summed E-state index contributed by atoms with van der Waals surface area (Å²) < 4.78 is 14.5. The highest BCUT2D eigenvalue weighted by atomic mass is 16.5. The first-order chi connectivity index (χ1) is 9.72. The van der Waals surface area contributed by atoms with Gasteiger partial charge in [-0.2, -0.15) is 0 Å². The van der Waals surface area contributed by atoms with E-state index in [1.165, 1.54) is 0 Å². The number of carbonyl (C=O) groups excluding carboxylic acids is 1. The third-order valence-corrected chi connectivity index (χ3v) is 2.45. The predicted octanol–water partition coefficient (Wildman–Crippen LogP) is 1.95. The number of carbonyl (C=O) groups is 1. The molecule has 1 heterocycles. The topological polar surface area (TPSA) is 86.6 Å². The number of aromatic amines is 1. The second kappa shape index (κ2) is 8.82. The lowest BCUT2D eigenvalue weighted by molar-refractivity contribution is -0.128. The zero-order chi connectivity index (χ0) is 14.8. The maximum Gasteiger partial charge on any atom is 0.293 e. The standard InChI is InChI=1S/C11H14N2O2.C3H6O2/c1-14-4-5-15-9-6-8-2-3-13-11(8)10(12)7-9;1-2-5-3-4/h2-3,6-7,13H,4-5,12H2,1H3;3H,2H2,1H3. The highest BCUT2D eigenvalue weighted by molar-refractivity contribution is 5.91. The van der Waals surface area contributed by atoms with E-state index in [9.17, 15) is 4.79 Å². The van der Waals surface area contributed by atoms with Gasteiger partial charge in [-0.15, -0.1) is 0 Å². The average Bonchev–Trinajstić information content (AvgIpc) is 2.90. The zero-order valence-corrected chi connectivity index (χ0v) is 11.7. The Hall–Kier alpha value is -2.21. The van der Waals surface area contributed by atoms with Crippen molar-refractivity contribution in [2.45, 2.75) is 6.92 Å². The molecule has 2 aromatic rings. The monoisotopic (exact) mass is 280 g/mol. The first-order valence-corrected chi connectivity index (χ1v) is 6.26. The Morgan fingerprint density at radius 1 is 1.35 bits per heavy atom. The van der Waals surface area contributed by atoms with Crippen molar-refractivity contribution in [3.8, 4) is 5.75 Å². The lowest BCUT2D eigenvalue weighted by Crippen LogP contribution is -2.04. The van der Waals surface area contributed by atoms with Gasteiger partial charge in [0.05, 0.1) is 24.4 Å². The molecule has 3 N–H and O–H groups in total. The second-order valence-corrected chi connectivity index (χ2v) is 3.85. The number of H-pyrrole nitrogens is 1. The third kappa shape index (κ3) is 4.81. The molecule has 0 aliphatic carbocycles. The molecule has 0 amide bonds. The first-order valence-electron chi connectivity index (χ1n) is 6.26. The molecule has 20 heavy (non-hydrogen) atoms. The van der Waals surface area contributed by atoms with E-state index in [1.807, 2.05) is 24.4 Å². The summed E-state index contributed by atoms with van der Waals surface area (Å²) in [6.07, 6.45) is 1.86.